The molecule has 1 spiro atoms. The fourth-order valence-corrected chi connectivity index (χ4v) is 8.59. The lowest BCUT2D eigenvalue weighted by Gasteiger charge is -2.37. The van der Waals surface area contributed by atoms with Gasteiger partial charge in [-0.3, -0.25) is 4.79 Å². The van der Waals surface area contributed by atoms with E-state index in [1.807, 2.05) is 0 Å². The van der Waals surface area contributed by atoms with Crippen LogP contribution >= 0.6 is 0 Å². The number of rotatable bonds is 8. The molecule has 3 fully saturated rings. The van der Waals surface area contributed by atoms with E-state index in [9.17, 15) is 18.3 Å². The Bertz CT molecular complexity index is 728. The standard InChI is InChI=1S/C21H33NO4S/c1-5-7-9-16(17(23)10-8-6-2)19(24)22-18-13-15-11-12-21(18,20(15,3)4)14-27(22,25)26/h5-6,15-18,23H,1-2,7-14H2,3-4H3/t15-,16?,17?,18-,21-/m0/s1. The van der Waals surface area contributed by atoms with Crippen molar-refractivity contribution in [3.05, 3.63) is 25.3 Å². The Hall–Kier alpha value is -1.14. The molecule has 2 bridgehead atoms. The predicted molar refractivity (Wildman–Crippen MR) is 106 cm³/mol. The van der Waals surface area contributed by atoms with Gasteiger partial charge in [-0.2, -0.15) is 0 Å². The van der Waals surface area contributed by atoms with Gasteiger partial charge in [0.1, 0.15) is 0 Å². The molecule has 1 aliphatic heterocycles. The van der Waals surface area contributed by atoms with Gasteiger partial charge in [-0.1, -0.05) is 26.0 Å². The van der Waals surface area contributed by atoms with E-state index in [1.165, 1.54) is 4.31 Å². The van der Waals surface area contributed by atoms with Crippen LogP contribution in [0.15, 0.2) is 25.3 Å². The van der Waals surface area contributed by atoms with Crippen LogP contribution in [-0.4, -0.2) is 41.6 Å². The maximum absolute atomic E-state index is 13.4. The van der Waals surface area contributed by atoms with E-state index in [1.54, 1.807) is 12.2 Å². The van der Waals surface area contributed by atoms with Crippen molar-refractivity contribution in [2.24, 2.45) is 22.7 Å². The first-order valence-corrected chi connectivity index (χ1v) is 11.7. The van der Waals surface area contributed by atoms with E-state index >= 15 is 0 Å². The van der Waals surface area contributed by atoms with Crippen LogP contribution in [0.2, 0.25) is 0 Å². The zero-order chi connectivity index (χ0) is 20.0. The molecule has 0 aromatic heterocycles. The summed E-state index contributed by atoms with van der Waals surface area (Å²) in [7, 11) is -3.66. The molecule has 5 nitrogen and oxygen atoms in total. The molecular weight excluding hydrogens is 362 g/mol. The molecule has 1 N–H and O–H groups in total. The molecule has 0 radical (unpaired) electrons. The van der Waals surface area contributed by atoms with E-state index < -0.39 is 28.0 Å². The number of nitrogens with zero attached hydrogens (tertiary/aromatic N) is 1. The Morgan fingerprint density at radius 3 is 2.48 bits per heavy atom. The van der Waals surface area contributed by atoms with Crippen LogP contribution in [0.3, 0.4) is 0 Å². The van der Waals surface area contributed by atoms with E-state index in [-0.39, 0.29) is 22.6 Å². The summed E-state index contributed by atoms with van der Waals surface area (Å²) in [5.74, 6) is -0.601. The van der Waals surface area contributed by atoms with Crippen molar-refractivity contribution >= 4 is 15.9 Å². The van der Waals surface area contributed by atoms with Gasteiger partial charge >= 0.3 is 0 Å². The zero-order valence-corrected chi connectivity index (χ0v) is 17.4. The molecule has 0 aromatic rings. The Morgan fingerprint density at radius 2 is 1.89 bits per heavy atom. The number of sulfonamides is 1. The summed E-state index contributed by atoms with van der Waals surface area (Å²) in [4.78, 5) is 13.4. The normalized spacial score (nSPS) is 34.9. The lowest BCUT2D eigenvalue weighted by molar-refractivity contribution is -0.137. The topological polar surface area (TPSA) is 74.7 Å². The Labute approximate surface area is 163 Å². The number of carbonyl (C=O) groups is 1. The quantitative estimate of drug-likeness (QED) is 0.640. The molecule has 1 amide bonds. The maximum atomic E-state index is 13.4. The minimum atomic E-state index is -3.66. The first-order chi connectivity index (χ1) is 12.6. The SMILES string of the molecule is C=CCCC(O)C(CCC=C)C(=O)N1[C@H]2C[C@@H]3CC[C@@]2(CS1(=O)=O)C3(C)C. The van der Waals surface area contributed by atoms with Gasteiger partial charge < -0.3 is 5.11 Å². The van der Waals surface area contributed by atoms with Gasteiger partial charge in [0.15, 0.2) is 0 Å². The van der Waals surface area contributed by atoms with Crippen LogP contribution in [0.5, 0.6) is 0 Å². The van der Waals surface area contributed by atoms with Crippen LogP contribution in [0, 0.1) is 22.7 Å². The molecule has 6 heteroatoms. The Kier molecular flexibility index (Phi) is 5.36. The molecule has 2 saturated carbocycles. The summed E-state index contributed by atoms with van der Waals surface area (Å²) in [6.45, 7) is 11.7. The number of allylic oxidation sites excluding steroid dienone is 2. The largest absolute Gasteiger partial charge is 0.392 e. The minimum Gasteiger partial charge on any atom is -0.392 e. The van der Waals surface area contributed by atoms with Crippen molar-refractivity contribution in [3.63, 3.8) is 0 Å². The lowest BCUT2D eigenvalue weighted by atomic mass is 9.69. The van der Waals surface area contributed by atoms with Gasteiger partial charge in [-0.05, 0) is 56.3 Å². The van der Waals surface area contributed by atoms with Crippen molar-refractivity contribution in [2.45, 2.75) is 70.9 Å². The van der Waals surface area contributed by atoms with Gasteiger partial charge in [-0.25, -0.2) is 12.7 Å². The number of aliphatic hydroxyl groups excluding tert-OH is 1. The summed E-state index contributed by atoms with van der Waals surface area (Å²) >= 11 is 0. The summed E-state index contributed by atoms with van der Waals surface area (Å²) in [6.07, 6.45) is 7.21. The highest BCUT2D eigenvalue weighted by molar-refractivity contribution is 7.90. The molecule has 1 heterocycles. The number of carbonyl (C=O) groups excluding carboxylic acids is 1. The fraction of sp³-hybridized carbons (Fsp3) is 0.762. The summed E-state index contributed by atoms with van der Waals surface area (Å²) in [5, 5.41) is 10.6. The van der Waals surface area contributed by atoms with Gasteiger partial charge in [0, 0.05) is 5.41 Å². The van der Waals surface area contributed by atoms with Gasteiger partial charge in [0.25, 0.3) is 0 Å². The van der Waals surface area contributed by atoms with Crippen molar-refractivity contribution in [1.82, 2.24) is 4.31 Å². The molecular formula is C21H33NO4S. The second-order valence-electron chi connectivity index (χ2n) is 9.16. The smallest absolute Gasteiger partial charge is 0.242 e. The van der Waals surface area contributed by atoms with Gasteiger partial charge in [0.2, 0.25) is 15.9 Å². The second kappa shape index (κ2) is 7.03. The predicted octanol–water partition coefficient (Wildman–Crippen LogP) is 3.26. The molecule has 2 unspecified atom stereocenters. The minimum absolute atomic E-state index is 0.0663. The van der Waals surface area contributed by atoms with Crippen LogP contribution < -0.4 is 0 Å². The molecule has 2 aliphatic carbocycles. The molecule has 3 aliphatic rings. The summed E-state index contributed by atoms with van der Waals surface area (Å²) in [5.41, 5.74) is -0.404. The molecule has 5 atom stereocenters. The fourth-order valence-electron chi connectivity index (χ4n) is 6.01. The lowest BCUT2D eigenvalue weighted by Crippen LogP contribution is -2.48. The average Bonchev–Trinajstić information content (AvgIpc) is 3.07. The Balaban J connectivity index is 1.92. The summed E-state index contributed by atoms with van der Waals surface area (Å²) in [6, 6.07) is -0.249. The van der Waals surface area contributed by atoms with Crippen LogP contribution in [0.4, 0.5) is 0 Å². The van der Waals surface area contributed by atoms with E-state index in [0.717, 1.165) is 19.3 Å². The third-order valence-corrected chi connectivity index (χ3v) is 9.67. The number of amides is 1. The highest BCUT2D eigenvalue weighted by atomic mass is 32.2. The molecule has 152 valence electrons. The first kappa shape index (κ1) is 20.6. The monoisotopic (exact) mass is 395 g/mol. The highest BCUT2D eigenvalue weighted by Crippen LogP contribution is 2.70. The third-order valence-electron chi connectivity index (χ3n) is 7.76. The van der Waals surface area contributed by atoms with Crippen molar-refractivity contribution < 1.29 is 18.3 Å². The van der Waals surface area contributed by atoms with Gasteiger partial charge in [-0.15, -0.1) is 13.2 Å². The van der Waals surface area contributed by atoms with E-state index in [0.29, 0.717) is 31.6 Å². The van der Waals surface area contributed by atoms with Crippen molar-refractivity contribution in [2.75, 3.05) is 5.75 Å². The summed E-state index contributed by atoms with van der Waals surface area (Å²) < 4.78 is 27.4. The molecule has 0 aromatic carbocycles. The maximum Gasteiger partial charge on any atom is 0.242 e. The number of hydrogen-bond acceptors (Lipinski definition) is 4. The molecule has 1 saturated heterocycles. The second-order valence-corrected chi connectivity index (χ2v) is 11.0. The number of hydrogen-bond donors (Lipinski definition) is 1. The van der Waals surface area contributed by atoms with Gasteiger partial charge in [0.05, 0.1) is 23.8 Å². The van der Waals surface area contributed by atoms with E-state index in [2.05, 4.69) is 27.0 Å². The number of aliphatic hydroxyl groups is 1. The highest BCUT2D eigenvalue weighted by Gasteiger charge is 2.72. The first-order valence-electron chi connectivity index (χ1n) is 10.1. The van der Waals surface area contributed by atoms with Crippen LogP contribution in [0.25, 0.3) is 0 Å². The zero-order valence-electron chi connectivity index (χ0n) is 16.6. The van der Waals surface area contributed by atoms with Crippen molar-refractivity contribution in [1.29, 1.82) is 0 Å². The third kappa shape index (κ3) is 3.00. The Morgan fingerprint density at radius 1 is 1.26 bits per heavy atom. The van der Waals surface area contributed by atoms with Crippen LogP contribution in [0.1, 0.15) is 58.8 Å². The van der Waals surface area contributed by atoms with Crippen molar-refractivity contribution in [3.8, 4) is 0 Å². The van der Waals surface area contributed by atoms with Crippen LogP contribution in [-0.2, 0) is 14.8 Å². The molecule has 3 rings (SSSR count). The van der Waals surface area contributed by atoms with E-state index in [4.69, 9.17) is 0 Å². The molecule has 27 heavy (non-hydrogen) atoms. The average molecular weight is 396 g/mol. The number of fused-ring (bicyclic) bond motifs is 1.